The first-order valence-corrected chi connectivity index (χ1v) is 5.83. The summed E-state index contributed by atoms with van der Waals surface area (Å²) in [6.07, 6.45) is 5.02. The standard InChI is InChI=1S/C14H16O3/c1-2-5-10-6-3-4-7-12(10)17-13(14(15)16)11-8-9-11/h2-7,11,13H,8-9H2,1H3,(H,15,16). The van der Waals surface area contributed by atoms with E-state index in [1.54, 1.807) is 0 Å². The Morgan fingerprint density at radius 2 is 2.18 bits per heavy atom. The van der Waals surface area contributed by atoms with Gasteiger partial charge in [0, 0.05) is 11.5 Å². The molecule has 1 saturated carbocycles. The molecule has 3 heteroatoms. The van der Waals surface area contributed by atoms with E-state index in [1.165, 1.54) is 0 Å². The number of benzene rings is 1. The summed E-state index contributed by atoms with van der Waals surface area (Å²) >= 11 is 0. The molecule has 17 heavy (non-hydrogen) atoms. The van der Waals surface area contributed by atoms with Crippen molar-refractivity contribution >= 4 is 12.0 Å². The topological polar surface area (TPSA) is 46.5 Å². The average molecular weight is 232 g/mol. The minimum atomic E-state index is -0.872. The van der Waals surface area contributed by atoms with Crippen molar-refractivity contribution in [3.8, 4) is 5.75 Å². The third-order valence-corrected chi connectivity index (χ3v) is 2.81. The third kappa shape index (κ3) is 2.87. The van der Waals surface area contributed by atoms with Gasteiger partial charge < -0.3 is 9.84 Å². The van der Waals surface area contributed by atoms with Gasteiger partial charge in [-0.1, -0.05) is 30.4 Å². The number of allylic oxidation sites excluding steroid dienone is 1. The van der Waals surface area contributed by atoms with Gasteiger partial charge in [-0.2, -0.15) is 0 Å². The highest BCUT2D eigenvalue weighted by Crippen LogP contribution is 2.35. The van der Waals surface area contributed by atoms with Crippen LogP contribution < -0.4 is 4.74 Å². The molecule has 1 aromatic rings. The summed E-state index contributed by atoms with van der Waals surface area (Å²) in [7, 11) is 0. The van der Waals surface area contributed by atoms with E-state index in [0.29, 0.717) is 5.75 Å². The largest absolute Gasteiger partial charge is 0.478 e. The van der Waals surface area contributed by atoms with Crippen LogP contribution >= 0.6 is 0 Å². The van der Waals surface area contributed by atoms with Gasteiger partial charge in [0.2, 0.25) is 0 Å². The Hall–Kier alpha value is -1.77. The molecular weight excluding hydrogens is 216 g/mol. The SMILES string of the molecule is CC=Cc1ccccc1OC(C(=O)O)C1CC1. The molecule has 1 N–H and O–H groups in total. The fourth-order valence-electron chi connectivity index (χ4n) is 1.79. The highest BCUT2D eigenvalue weighted by molar-refractivity contribution is 5.74. The fraction of sp³-hybridized carbons (Fsp3) is 0.357. The van der Waals surface area contributed by atoms with Crippen molar-refractivity contribution in [1.29, 1.82) is 0 Å². The quantitative estimate of drug-likeness (QED) is 0.849. The van der Waals surface area contributed by atoms with E-state index >= 15 is 0 Å². The predicted molar refractivity (Wildman–Crippen MR) is 65.9 cm³/mol. The Labute approximate surface area is 101 Å². The third-order valence-electron chi connectivity index (χ3n) is 2.81. The average Bonchev–Trinajstić information content (AvgIpc) is 3.12. The van der Waals surface area contributed by atoms with Crippen LogP contribution in [0.5, 0.6) is 5.75 Å². The van der Waals surface area contributed by atoms with Gasteiger partial charge >= 0.3 is 5.97 Å². The van der Waals surface area contributed by atoms with Gasteiger partial charge in [0.25, 0.3) is 0 Å². The van der Waals surface area contributed by atoms with Crippen LogP contribution in [0, 0.1) is 5.92 Å². The first-order valence-electron chi connectivity index (χ1n) is 5.83. The number of carbonyl (C=O) groups is 1. The summed E-state index contributed by atoms with van der Waals surface area (Å²) < 4.78 is 5.63. The molecular formula is C14H16O3. The van der Waals surface area contributed by atoms with Crippen molar-refractivity contribution in [3.63, 3.8) is 0 Å². The second-order valence-electron chi connectivity index (χ2n) is 4.25. The Bertz CT molecular complexity index is 433. The lowest BCUT2D eigenvalue weighted by Gasteiger charge is -2.16. The second kappa shape index (κ2) is 5.04. The zero-order chi connectivity index (χ0) is 12.3. The number of carboxylic acid groups (broad SMARTS) is 1. The van der Waals surface area contributed by atoms with Gasteiger partial charge in [0.15, 0.2) is 6.10 Å². The normalized spacial score (nSPS) is 17.0. The summed E-state index contributed by atoms with van der Waals surface area (Å²) in [6, 6.07) is 7.50. The van der Waals surface area contributed by atoms with Crippen molar-refractivity contribution in [2.45, 2.75) is 25.9 Å². The second-order valence-corrected chi connectivity index (χ2v) is 4.25. The molecule has 0 amide bonds. The van der Waals surface area contributed by atoms with Crippen LogP contribution in [0.1, 0.15) is 25.3 Å². The Morgan fingerprint density at radius 1 is 1.47 bits per heavy atom. The van der Waals surface area contributed by atoms with E-state index in [0.717, 1.165) is 18.4 Å². The lowest BCUT2D eigenvalue weighted by molar-refractivity contribution is -0.146. The maximum Gasteiger partial charge on any atom is 0.345 e. The zero-order valence-corrected chi connectivity index (χ0v) is 9.80. The monoisotopic (exact) mass is 232 g/mol. The van der Waals surface area contributed by atoms with Crippen LogP contribution in [0.4, 0.5) is 0 Å². The van der Waals surface area contributed by atoms with E-state index in [1.807, 2.05) is 43.3 Å². The molecule has 1 aliphatic carbocycles. The molecule has 1 atom stereocenters. The zero-order valence-electron chi connectivity index (χ0n) is 9.80. The van der Waals surface area contributed by atoms with Crippen LogP contribution in [0.3, 0.4) is 0 Å². The molecule has 0 radical (unpaired) electrons. The number of para-hydroxylation sites is 1. The van der Waals surface area contributed by atoms with Crippen molar-refractivity contribution in [3.05, 3.63) is 35.9 Å². The fourth-order valence-corrected chi connectivity index (χ4v) is 1.79. The van der Waals surface area contributed by atoms with E-state index in [4.69, 9.17) is 9.84 Å². The summed E-state index contributed by atoms with van der Waals surface area (Å²) in [5, 5.41) is 9.12. The molecule has 0 bridgehead atoms. The van der Waals surface area contributed by atoms with E-state index in [2.05, 4.69) is 0 Å². The summed E-state index contributed by atoms with van der Waals surface area (Å²) in [6.45, 7) is 1.92. The van der Waals surface area contributed by atoms with Crippen LogP contribution in [0.2, 0.25) is 0 Å². The van der Waals surface area contributed by atoms with E-state index in [9.17, 15) is 4.79 Å². The number of ether oxygens (including phenoxy) is 1. The predicted octanol–water partition coefficient (Wildman–Crippen LogP) is 2.96. The molecule has 90 valence electrons. The summed E-state index contributed by atoms with van der Waals surface area (Å²) in [5.74, 6) is -0.0566. The van der Waals surface area contributed by atoms with Gasteiger partial charge in [-0.25, -0.2) is 4.79 Å². The van der Waals surface area contributed by atoms with Gasteiger partial charge in [0.05, 0.1) is 0 Å². The number of carboxylic acids is 1. The lowest BCUT2D eigenvalue weighted by Crippen LogP contribution is -2.29. The number of rotatable bonds is 5. The smallest absolute Gasteiger partial charge is 0.345 e. The van der Waals surface area contributed by atoms with Crippen molar-refractivity contribution < 1.29 is 14.6 Å². The molecule has 0 saturated heterocycles. The molecule has 1 aliphatic rings. The Balaban J connectivity index is 2.18. The van der Waals surface area contributed by atoms with Crippen LogP contribution in [-0.2, 0) is 4.79 Å². The van der Waals surface area contributed by atoms with Crippen LogP contribution in [0.25, 0.3) is 6.08 Å². The highest BCUT2D eigenvalue weighted by atomic mass is 16.5. The number of hydrogen-bond acceptors (Lipinski definition) is 2. The first-order chi connectivity index (χ1) is 8.22. The van der Waals surface area contributed by atoms with Crippen molar-refractivity contribution in [2.24, 2.45) is 5.92 Å². The maximum atomic E-state index is 11.1. The minimum absolute atomic E-state index is 0.172. The molecule has 3 nitrogen and oxygen atoms in total. The van der Waals surface area contributed by atoms with E-state index in [-0.39, 0.29) is 5.92 Å². The Morgan fingerprint density at radius 3 is 2.76 bits per heavy atom. The minimum Gasteiger partial charge on any atom is -0.478 e. The molecule has 0 aliphatic heterocycles. The van der Waals surface area contributed by atoms with Gasteiger partial charge in [-0.3, -0.25) is 0 Å². The van der Waals surface area contributed by atoms with Gasteiger partial charge in [-0.05, 0) is 25.8 Å². The molecule has 1 aromatic carbocycles. The first kappa shape index (κ1) is 11.7. The summed E-state index contributed by atoms with van der Waals surface area (Å²) in [5.41, 5.74) is 0.918. The van der Waals surface area contributed by atoms with Gasteiger partial charge in [0.1, 0.15) is 5.75 Å². The van der Waals surface area contributed by atoms with Gasteiger partial charge in [-0.15, -0.1) is 0 Å². The molecule has 0 spiro atoms. The van der Waals surface area contributed by atoms with Crippen LogP contribution in [-0.4, -0.2) is 17.2 Å². The molecule has 2 rings (SSSR count). The molecule has 0 aromatic heterocycles. The molecule has 0 heterocycles. The molecule has 1 fully saturated rings. The highest BCUT2D eigenvalue weighted by Gasteiger charge is 2.38. The maximum absolute atomic E-state index is 11.1. The molecule has 1 unspecified atom stereocenters. The number of aliphatic carboxylic acids is 1. The Kier molecular flexibility index (Phi) is 3.47. The van der Waals surface area contributed by atoms with Crippen molar-refractivity contribution in [2.75, 3.05) is 0 Å². The van der Waals surface area contributed by atoms with Crippen LogP contribution in [0.15, 0.2) is 30.3 Å². The number of hydrogen-bond donors (Lipinski definition) is 1. The van der Waals surface area contributed by atoms with E-state index < -0.39 is 12.1 Å². The van der Waals surface area contributed by atoms with Crippen molar-refractivity contribution in [1.82, 2.24) is 0 Å². The lowest BCUT2D eigenvalue weighted by atomic mass is 10.1. The summed E-state index contributed by atoms with van der Waals surface area (Å²) in [4.78, 5) is 11.1.